The normalized spacial score (nSPS) is 13.5. The first-order chi connectivity index (χ1) is 15.6. The van der Waals surface area contributed by atoms with Crippen molar-refractivity contribution in [1.29, 1.82) is 0 Å². The predicted molar refractivity (Wildman–Crippen MR) is 122 cm³/mol. The third-order valence-corrected chi connectivity index (χ3v) is 5.39. The highest BCUT2D eigenvalue weighted by molar-refractivity contribution is 6.30. The summed E-state index contributed by atoms with van der Waals surface area (Å²) in [5, 5.41) is 24.4. The molecule has 3 heterocycles. The fraction of sp³-hybridized carbons (Fsp3) is 0.304. The SMILES string of the molecule is O=C(O)C[C@H](Nc1ccc(OCCc2ccc3c(n2)NCCC3)nn1)c1cccc(Cl)c1. The van der Waals surface area contributed by atoms with Gasteiger partial charge in [-0.05, 0) is 48.2 Å². The van der Waals surface area contributed by atoms with Gasteiger partial charge in [0.25, 0.3) is 0 Å². The van der Waals surface area contributed by atoms with Gasteiger partial charge in [0.2, 0.25) is 5.88 Å². The molecule has 0 bridgehead atoms. The highest BCUT2D eigenvalue weighted by Gasteiger charge is 2.17. The molecule has 0 amide bonds. The van der Waals surface area contributed by atoms with E-state index in [-0.39, 0.29) is 6.42 Å². The highest BCUT2D eigenvalue weighted by atomic mass is 35.5. The van der Waals surface area contributed by atoms with Gasteiger partial charge in [-0.15, -0.1) is 10.2 Å². The van der Waals surface area contributed by atoms with E-state index in [0.717, 1.165) is 36.5 Å². The molecule has 0 aliphatic carbocycles. The van der Waals surface area contributed by atoms with Crippen molar-refractivity contribution in [1.82, 2.24) is 15.2 Å². The van der Waals surface area contributed by atoms with Crippen LogP contribution in [0.3, 0.4) is 0 Å². The lowest BCUT2D eigenvalue weighted by atomic mass is 10.0. The molecule has 3 aromatic rings. The fourth-order valence-corrected chi connectivity index (χ4v) is 3.77. The molecule has 1 aromatic carbocycles. The van der Waals surface area contributed by atoms with Crippen molar-refractivity contribution in [2.24, 2.45) is 0 Å². The molecule has 0 saturated carbocycles. The van der Waals surface area contributed by atoms with Gasteiger partial charge in [-0.2, -0.15) is 0 Å². The lowest BCUT2D eigenvalue weighted by molar-refractivity contribution is -0.137. The average molecular weight is 454 g/mol. The Bertz CT molecular complexity index is 1080. The van der Waals surface area contributed by atoms with Crippen LogP contribution in [0.25, 0.3) is 0 Å². The zero-order valence-corrected chi connectivity index (χ0v) is 18.2. The van der Waals surface area contributed by atoms with Crippen LogP contribution >= 0.6 is 11.6 Å². The van der Waals surface area contributed by atoms with Gasteiger partial charge in [-0.1, -0.05) is 29.8 Å². The van der Waals surface area contributed by atoms with Gasteiger partial charge in [0.05, 0.1) is 19.1 Å². The van der Waals surface area contributed by atoms with E-state index in [9.17, 15) is 9.90 Å². The Kier molecular flexibility index (Phi) is 7.01. The summed E-state index contributed by atoms with van der Waals surface area (Å²) in [6.45, 7) is 1.39. The van der Waals surface area contributed by atoms with Crippen LogP contribution in [0.1, 0.15) is 35.7 Å². The van der Waals surface area contributed by atoms with E-state index in [4.69, 9.17) is 16.3 Å². The number of fused-ring (bicyclic) bond motifs is 1. The number of carbonyl (C=O) groups is 1. The summed E-state index contributed by atoms with van der Waals surface area (Å²) in [4.78, 5) is 15.9. The van der Waals surface area contributed by atoms with E-state index in [2.05, 4.69) is 31.9 Å². The molecule has 166 valence electrons. The maximum Gasteiger partial charge on any atom is 0.305 e. The van der Waals surface area contributed by atoms with E-state index in [1.807, 2.05) is 12.1 Å². The van der Waals surface area contributed by atoms with Crippen molar-refractivity contribution in [2.75, 3.05) is 23.8 Å². The molecule has 1 aliphatic heterocycles. The summed E-state index contributed by atoms with van der Waals surface area (Å²) in [5.41, 5.74) is 2.98. The number of hydrogen-bond donors (Lipinski definition) is 3. The number of ether oxygens (including phenoxy) is 1. The number of aliphatic carboxylic acids is 1. The van der Waals surface area contributed by atoms with Crippen LogP contribution in [0.2, 0.25) is 5.02 Å². The highest BCUT2D eigenvalue weighted by Crippen LogP contribution is 2.25. The molecule has 2 aromatic heterocycles. The van der Waals surface area contributed by atoms with Gasteiger partial charge in [-0.3, -0.25) is 4.79 Å². The zero-order valence-electron chi connectivity index (χ0n) is 17.4. The summed E-state index contributed by atoms with van der Waals surface area (Å²) in [6, 6.07) is 14.2. The van der Waals surface area contributed by atoms with Crippen LogP contribution in [0.5, 0.6) is 5.88 Å². The number of aryl methyl sites for hydroxylation is 1. The van der Waals surface area contributed by atoms with E-state index in [1.54, 1.807) is 30.3 Å². The van der Waals surface area contributed by atoms with Crippen molar-refractivity contribution < 1.29 is 14.6 Å². The smallest absolute Gasteiger partial charge is 0.305 e. The second-order valence-corrected chi connectivity index (χ2v) is 7.98. The molecule has 0 radical (unpaired) electrons. The van der Waals surface area contributed by atoms with E-state index in [1.165, 1.54) is 5.56 Å². The fourth-order valence-electron chi connectivity index (χ4n) is 3.57. The molecule has 3 N–H and O–H groups in total. The van der Waals surface area contributed by atoms with Gasteiger partial charge in [0.1, 0.15) is 11.6 Å². The molecule has 0 spiro atoms. The molecular formula is C23H24ClN5O3. The Labute approximate surface area is 191 Å². The average Bonchev–Trinajstić information content (AvgIpc) is 2.79. The van der Waals surface area contributed by atoms with Crippen molar-refractivity contribution in [2.45, 2.75) is 31.7 Å². The van der Waals surface area contributed by atoms with E-state index < -0.39 is 12.0 Å². The maximum atomic E-state index is 11.3. The van der Waals surface area contributed by atoms with Gasteiger partial charge in [0.15, 0.2) is 0 Å². The summed E-state index contributed by atoms with van der Waals surface area (Å²) >= 11 is 6.05. The van der Waals surface area contributed by atoms with E-state index >= 15 is 0 Å². The summed E-state index contributed by atoms with van der Waals surface area (Å²) < 4.78 is 5.71. The molecule has 0 fully saturated rings. The number of carboxylic acids is 1. The van der Waals surface area contributed by atoms with Gasteiger partial charge in [-0.25, -0.2) is 4.98 Å². The molecular weight excluding hydrogens is 430 g/mol. The molecule has 8 nitrogen and oxygen atoms in total. The van der Waals surface area contributed by atoms with Crippen molar-refractivity contribution in [3.8, 4) is 5.88 Å². The molecule has 9 heteroatoms. The summed E-state index contributed by atoms with van der Waals surface area (Å²) in [5.74, 6) is 0.885. The molecule has 0 saturated heterocycles. The number of benzene rings is 1. The Balaban J connectivity index is 1.33. The van der Waals surface area contributed by atoms with Gasteiger partial charge in [0, 0.05) is 29.7 Å². The number of halogens is 1. The first-order valence-corrected chi connectivity index (χ1v) is 10.9. The first-order valence-electron chi connectivity index (χ1n) is 10.5. The Morgan fingerprint density at radius 2 is 2.12 bits per heavy atom. The number of nitrogens with one attached hydrogen (secondary N) is 2. The van der Waals surface area contributed by atoms with Crippen LogP contribution in [0.15, 0.2) is 48.5 Å². The second kappa shape index (κ2) is 10.3. The number of nitrogens with zero attached hydrogens (tertiary/aromatic N) is 3. The second-order valence-electron chi connectivity index (χ2n) is 7.55. The first kappa shape index (κ1) is 21.8. The third-order valence-electron chi connectivity index (χ3n) is 5.15. The molecule has 1 aliphatic rings. The lowest BCUT2D eigenvalue weighted by Gasteiger charge is -2.18. The van der Waals surface area contributed by atoms with Crippen molar-refractivity contribution in [3.63, 3.8) is 0 Å². The standard InChI is InChI=1S/C23H24ClN5O3/c24-17-5-1-3-16(13-17)19(14-22(30)31)27-20-8-9-21(29-28-20)32-12-10-18-7-6-15-4-2-11-25-23(15)26-18/h1,3,5-9,13,19H,2,4,10-12,14H2,(H,25,26)(H,27,28)(H,30,31)/t19-/m0/s1. The lowest BCUT2D eigenvalue weighted by Crippen LogP contribution is -2.16. The minimum Gasteiger partial charge on any atom is -0.481 e. The third kappa shape index (κ3) is 5.85. The van der Waals surface area contributed by atoms with Crippen LogP contribution in [-0.4, -0.2) is 39.4 Å². The number of aromatic nitrogens is 3. The zero-order chi connectivity index (χ0) is 22.3. The summed E-state index contributed by atoms with van der Waals surface area (Å²) in [7, 11) is 0. The van der Waals surface area contributed by atoms with Crippen molar-refractivity contribution in [3.05, 3.63) is 70.4 Å². The van der Waals surface area contributed by atoms with Crippen LogP contribution in [-0.2, 0) is 17.6 Å². The summed E-state index contributed by atoms with van der Waals surface area (Å²) in [6.07, 6.45) is 2.73. The van der Waals surface area contributed by atoms with Gasteiger partial charge < -0.3 is 20.5 Å². The minimum absolute atomic E-state index is 0.122. The minimum atomic E-state index is -0.929. The number of hydrogen-bond acceptors (Lipinski definition) is 7. The number of carboxylic acid groups (broad SMARTS) is 1. The van der Waals surface area contributed by atoms with Crippen molar-refractivity contribution >= 4 is 29.2 Å². The Hall–Kier alpha value is -3.39. The van der Waals surface area contributed by atoms with Crippen LogP contribution in [0, 0.1) is 0 Å². The van der Waals surface area contributed by atoms with Gasteiger partial charge >= 0.3 is 5.97 Å². The predicted octanol–water partition coefficient (Wildman–Crippen LogP) is 4.13. The maximum absolute atomic E-state index is 11.3. The number of anilines is 2. The molecule has 1 atom stereocenters. The van der Waals surface area contributed by atoms with Crippen LogP contribution < -0.4 is 15.4 Å². The Morgan fingerprint density at radius 3 is 2.91 bits per heavy atom. The topological polar surface area (TPSA) is 109 Å². The molecule has 4 rings (SSSR count). The number of pyridine rings is 1. The van der Waals surface area contributed by atoms with E-state index in [0.29, 0.717) is 29.7 Å². The number of rotatable bonds is 9. The molecule has 0 unspecified atom stereocenters. The Morgan fingerprint density at radius 1 is 1.22 bits per heavy atom. The monoisotopic (exact) mass is 453 g/mol. The van der Waals surface area contributed by atoms with Crippen LogP contribution in [0.4, 0.5) is 11.6 Å². The largest absolute Gasteiger partial charge is 0.481 e. The molecule has 32 heavy (non-hydrogen) atoms. The quantitative estimate of drug-likeness (QED) is 0.443.